The van der Waals surface area contributed by atoms with Crippen LogP contribution in [0.5, 0.6) is 0 Å². The van der Waals surface area contributed by atoms with Gasteiger partial charge in [0.1, 0.15) is 5.82 Å². The van der Waals surface area contributed by atoms with E-state index in [2.05, 4.69) is 15.5 Å². The Kier molecular flexibility index (Phi) is 5.91. The van der Waals surface area contributed by atoms with Crippen LogP contribution in [0.4, 0.5) is 10.1 Å². The molecule has 0 radical (unpaired) electrons. The Hall–Kier alpha value is -1.50. The zero-order chi connectivity index (χ0) is 14.2. The Bertz CT molecular complexity index is 419. The van der Waals surface area contributed by atoms with E-state index >= 15 is 0 Å². The number of anilines is 1. The number of morpholine rings is 1. The highest BCUT2D eigenvalue weighted by atomic mass is 19.1. The molecule has 0 spiro atoms. The second-order valence-corrected chi connectivity index (χ2v) is 4.69. The average molecular weight is 281 g/mol. The van der Waals surface area contributed by atoms with Gasteiger partial charge in [0.2, 0.25) is 5.91 Å². The number of nitrogens with zero attached hydrogens (tertiary/aromatic N) is 1. The van der Waals surface area contributed by atoms with Gasteiger partial charge in [0.25, 0.3) is 0 Å². The van der Waals surface area contributed by atoms with E-state index in [-0.39, 0.29) is 18.3 Å². The Balaban J connectivity index is 1.59. The van der Waals surface area contributed by atoms with Gasteiger partial charge in [0.15, 0.2) is 0 Å². The molecular weight excluding hydrogens is 261 g/mol. The molecule has 1 aliphatic rings. The number of ether oxygens (including phenoxy) is 1. The highest BCUT2D eigenvalue weighted by Crippen LogP contribution is 2.07. The van der Waals surface area contributed by atoms with Crippen molar-refractivity contribution < 1.29 is 13.9 Å². The fourth-order valence-electron chi connectivity index (χ4n) is 2.00. The lowest BCUT2D eigenvalue weighted by atomic mass is 10.3. The molecule has 0 atom stereocenters. The van der Waals surface area contributed by atoms with Gasteiger partial charge >= 0.3 is 0 Å². The Morgan fingerprint density at radius 2 is 1.95 bits per heavy atom. The molecule has 6 heteroatoms. The summed E-state index contributed by atoms with van der Waals surface area (Å²) >= 11 is 0. The van der Waals surface area contributed by atoms with Crippen molar-refractivity contribution in [1.82, 2.24) is 10.2 Å². The van der Waals surface area contributed by atoms with Gasteiger partial charge in [-0.2, -0.15) is 0 Å². The number of benzene rings is 1. The fraction of sp³-hybridized carbons (Fsp3) is 0.500. The summed E-state index contributed by atoms with van der Waals surface area (Å²) in [6.07, 6.45) is 0. The minimum atomic E-state index is -0.313. The molecule has 1 heterocycles. The predicted octanol–water partition coefficient (Wildman–Crippen LogP) is 0.686. The van der Waals surface area contributed by atoms with Crippen molar-refractivity contribution in [2.24, 2.45) is 0 Å². The summed E-state index contributed by atoms with van der Waals surface area (Å²) in [6.45, 7) is 5.38. The normalized spacial score (nSPS) is 16.1. The highest BCUT2D eigenvalue weighted by Gasteiger charge is 2.09. The van der Waals surface area contributed by atoms with Crippen LogP contribution < -0.4 is 10.6 Å². The lowest BCUT2D eigenvalue weighted by Crippen LogP contribution is -2.41. The molecule has 0 aliphatic carbocycles. The minimum absolute atomic E-state index is 0.126. The number of halogens is 1. The second-order valence-electron chi connectivity index (χ2n) is 4.69. The topological polar surface area (TPSA) is 53.6 Å². The van der Waals surface area contributed by atoms with Crippen molar-refractivity contribution in [3.05, 3.63) is 30.1 Å². The van der Waals surface area contributed by atoms with Crippen LogP contribution in [0.3, 0.4) is 0 Å². The van der Waals surface area contributed by atoms with Crippen molar-refractivity contribution >= 4 is 11.6 Å². The van der Waals surface area contributed by atoms with E-state index in [1.807, 2.05) is 0 Å². The van der Waals surface area contributed by atoms with Gasteiger partial charge in [-0.05, 0) is 24.3 Å². The first-order chi connectivity index (χ1) is 9.74. The fourth-order valence-corrected chi connectivity index (χ4v) is 2.00. The van der Waals surface area contributed by atoms with Gasteiger partial charge < -0.3 is 15.4 Å². The van der Waals surface area contributed by atoms with Crippen LogP contribution in [0.1, 0.15) is 0 Å². The van der Waals surface area contributed by atoms with Crippen LogP contribution >= 0.6 is 0 Å². The molecular formula is C14H20FN3O2. The maximum absolute atomic E-state index is 12.7. The molecule has 1 aliphatic heterocycles. The van der Waals surface area contributed by atoms with Crippen molar-refractivity contribution in [3.63, 3.8) is 0 Å². The summed E-state index contributed by atoms with van der Waals surface area (Å²) in [7, 11) is 0. The summed E-state index contributed by atoms with van der Waals surface area (Å²) in [6, 6.07) is 5.73. The predicted molar refractivity (Wildman–Crippen MR) is 75.2 cm³/mol. The van der Waals surface area contributed by atoms with Crippen molar-refractivity contribution in [3.8, 4) is 0 Å². The van der Waals surface area contributed by atoms with Gasteiger partial charge in [-0.15, -0.1) is 0 Å². The van der Waals surface area contributed by atoms with E-state index in [0.717, 1.165) is 39.4 Å². The van der Waals surface area contributed by atoms with Crippen LogP contribution in [-0.2, 0) is 9.53 Å². The number of rotatable bonds is 6. The standard InChI is InChI=1S/C14H20FN3O2/c15-12-1-3-13(4-2-12)17-14(19)11-16-5-6-18-7-9-20-10-8-18/h1-4,16H,5-11H2,(H,17,19). The van der Waals surface area contributed by atoms with Crippen LogP contribution in [0.2, 0.25) is 0 Å². The Morgan fingerprint density at radius 3 is 2.65 bits per heavy atom. The number of carbonyl (C=O) groups excluding carboxylic acids is 1. The summed E-state index contributed by atoms with van der Waals surface area (Å²) in [5, 5.41) is 5.80. The van der Waals surface area contributed by atoms with Crippen LogP contribution in [0.25, 0.3) is 0 Å². The zero-order valence-corrected chi connectivity index (χ0v) is 11.4. The van der Waals surface area contributed by atoms with E-state index < -0.39 is 0 Å². The first-order valence-corrected chi connectivity index (χ1v) is 6.80. The monoisotopic (exact) mass is 281 g/mol. The summed E-state index contributed by atoms with van der Waals surface area (Å²) < 4.78 is 18.0. The Labute approximate surface area is 118 Å². The second kappa shape index (κ2) is 7.94. The number of nitrogens with one attached hydrogen (secondary N) is 2. The summed E-state index contributed by atoms with van der Waals surface area (Å²) in [5.74, 6) is -0.440. The molecule has 1 aromatic rings. The Morgan fingerprint density at radius 1 is 1.25 bits per heavy atom. The van der Waals surface area contributed by atoms with Crippen molar-refractivity contribution in [2.45, 2.75) is 0 Å². The molecule has 5 nitrogen and oxygen atoms in total. The SMILES string of the molecule is O=C(CNCCN1CCOCC1)Nc1ccc(F)cc1. The van der Waals surface area contributed by atoms with E-state index in [9.17, 15) is 9.18 Å². The molecule has 110 valence electrons. The number of carbonyl (C=O) groups is 1. The first kappa shape index (κ1) is 14.9. The van der Waals surface area contributed by atoms with Crippen molar-refractivity contribution in [2.75, 3.05) is 51.3 Å². The molecule has 1 saturated heterocycles. The zero-order valence-electron chi connectivity index (χ0n) is 11.4. The van der Waals surface area contributed by atoms with E-state index in [0.29, 0.717) is 5.69 Å². The molecule has 1 aromatic carbocycles. The molecule has 2 N–H and O–H groups in total. The molecule has 20 heavy (non-hydrogen) atoms. The third kappa shape index (κ3) is 5.24. The first-order valence-electron chi connectivity index (χ1n) is 6.80. The van der Waals surface area contributed by atoms with E-state index in [1.165, 1.54) is 12.1 Å². The largest absolute Gasteiger partial charge is 0.379 e. The van der Waals surface area contributed by atoms with E-state index in [4.69, 9.17) is 4.74 Å². The smallest absolute Gasteiger partial charge is 0.238 e. The molecule has 0 aromatic heterocycles. The third-order valence-electron chi connectivity index (χ3n) is 3.12. The van der Waals surface area contributed by atoms with Crippen LogP contribution in [-0.4, -0.2) is 56.7 Å². The van der Waals surface area contributed by atoms with Gasteiger partial charge in [0, 0.05) is 31.9 Å². The quantitative estimate of drug-likeness (QED) is 0.753. The van der Waals surface area contributed by atoms with Gasteiger partial charge in [-0.25, -0.2) is 4.39 Å². The maximum atomic E-state index is 12.7. The lowest BCUT2D eigenvalue weighted by molar-refractivity contribution is -0.115. The molecule has 2 rings (SSSR count). The van der Waals surface area contributed by atoms with Gasteiger partial charge in [0.05, 0.1) is 19.8 Å². The molecule has 0 unspecified atom stereocenters. The number of hydrogen-bond donors (Lipinski definition) is 2. The lowest BCUT2D eigenvalue weighted by Gasteiger charge is -2.26. The number of hydrogen-bond acceptors (Lipinski definition) is 4. The van der Waals surface area contributed by atoms with Gasteiger partial charge in [-0.3, -0.25) is 9.69 Å². The molecule has 1 fully saturated rings. The molecule has 1 amide bonds. The highest BCUT2D eigenvalue weighted by molar-refractivity contribution is 5.92. The van der Waals surface area contributed by atoms with Crippen molar-refractivity contribution in [1.29, 1.82) is 0 Å². The van der Waals surface area contributed by atoms with Crippen LogP contribution in [0, 0.1) is 5.82 Å². The van der Waals surface area contributed by atoms with Crippen LogP contribution in [0.15, 0.2) is 24.3 Å². The third-order valence-corrected chi connectivity index (χ3v) is 3.12. The average Bonchev–Trinajstić information content (AvgIpc) is 2.47. The van der Waals surface area contributed by atoms with E-state index in [1.54, 1.807) is 12.1 Å². The summed E-state index contributed by atoms with van der Waals surface area (Å²) in [5.41, 5.74) is 0.603. The van der Waals surface area contributed by atoms with Gasteiger partial charge in [-0.1, -0.05) is 0 Å². The molecule has 0 saturated carbocycles. The minimum Gasteiger partial charge on any atom is -0.379 e. The summed E-state index contributed by atoms with van der Waals surface area (Å²) in [4.78, 5) is 13.9. The molecule has 0 bridgehead atoms. The maximum Gasteiger partial charge on any atom is 0.238 e. The number of amides is 1.